The molecule has 3 amide bonds. The van der Waals surface area contributed by atoms with Crippen molar-refractivity contribution in [3.05, 3.63) is 0 Å². The first kappa shape index (κ1) is 17.2. The molecule has 0 saturated carbocycles. The van der Waals surface area contributed by atoms with Gasteiger partial charge in [0.25, 0.3) is 0 Å². The van der Waals surface area contributed by atoms with E-state index in [1.165, 1.54) is 0 Å². The average molecular weight is 277 g/mol. The van der Waals surface area contributed by atoms with Crippen LogP contribution in [-0.2, 0) is 4.79 Å². The first-order valence-electron chi connectivity index (χ1n) is 6.12. The maximum absolute atomic E-state index is 11.5. The monoisotopic (exact) mass is 277 g/mol. The van der Waals surface area contributed by atoms with Gasteiger partial charge in [-0.3, -0.25) is 10.1 Å². The zero-order chi connectivity index (χ0) is 13.8. The van der Waals surface area contributed by atoms with Gasteiger partial charge in [-0.25, -0.2) is 4.79 Å². The number of carbonyl (C=O) groups is 2. The molecule has 4 N–H and O–H groups in total. The Hall–Kier alpha value is -0.790. The van der Waals surface area contributed by atoms with E-state index in [-0.39, 0.29) is 12.5 Å². The SMILES string of the molecule is CCNC(=O)NC(=O)C(C)NCCSCCCO. The molecule has 0 aliphatic heterocycles. The van der Waals surface area contributed by atoms with Crippen molar-refractivity contribution in [1.82, 2.24) is 16.0 Å². The molecule has 0 saturated heterocycles. The van der Waals surface area contributed by atoms with Crippen molar-refractivity contribution in [3.63, 3.8) is 0 Å². The highest BCUT2D eigenvalue weighted by molar-refractivity contribution is 7.99. The Morgan fingerprint density at radius 1 is 1.33 bits per heavy atom. The lowest BCUT2D eigenvalue weighted by molar-refractivity contribution is -0.121. The Labute approximate surface area is 112 Å². The Morgan fingerprint density at radius 2 is 2.06 bits per heavy atom. The second-order valence-corrected chi connectivity index (χ2v) is 4.94. The Kier molecular flexibility index (Phi) is 10.8. The summed E-state index contributed by atoms with van der Waals surface area (Å²) in [5.41, 5.74) is 0. The molecule has 0 bridgehead atoms. The summed E-state index contributed by atoms with van der Waals surface area (Å²) in [6.07, 6.45) is 0.790. The molecule has 0 aromatic rings. The van der Waals surface area contributed by atoms with Gasteiger partial charge in [0.15, 0.2) is 0 Å². The zero-order valence-electron chi connectivity index (χ0n) is 11.0. The van der Waals surface area contributed by atoms with Crippen LogP contribution >= 0.6 is 11.8 Å². The summed E-state index contributed by atoms with van der Waals surface area (Å²) >= 11 is 1.72. The number of hydrogen-bond acceptors (Lipinski definition) is 5. The van der Waals surface area contributed by atoms with E-state index in [2.05, 4.69) is 16.0 Å². The third kappa shape index (κ3) is 9.26. The number of urea groups is 1. The van der Waals surface area contributed by atoms with Crippen LogP contribution in [0.25, 0.3) is 0 Å². The topological polar surface area (TPSA) is 90.5 Å². The molecule has 18 heavy (non-hydrogen) atoms. The highest BCUT2D eigenvalue weighted by Gasteiger charge is 2.14. The third-order valence-electron chi connectivity index (χ3n) is 2.11. The van der Waals surface area contributed by atoms with Crippen LogP contribution in [0.5, 0.6) is 0 Å². The number of carbonyl (C=O) groups excluding carboxylic acids is 2. The minimum atomic E-state index is -0.464. The largest absolute Gasteiger partial charge is 0.396 e. The van der Waals surface area contributed by atoms with Crippen LogP contribution in [0, 0.1) is 0 Å². The molecule has 0 fully saturated rings. The van der Waals surface area contributed by atoms with Crippen LogP contribution in [0.2, 0.25) is 0 Å². The van der Waals surface area contributed by atoms with Gasteiger partial charge >= 0.3 is 6.03 Å². The van der Waals surface area contributed by atoms with E-state index in [9.17, 15) is 9.59 Å². The van der Waals surface area contributed by atoms with Crippen LogP contribution < -0.4 is 16.0 Å². The second-order valence-electron chi connectivity index (χ2n) is 3.71. The molecular formula is C11H23N3O3S. The quantitative estimate of drug-likeness (QED) is 0.443. The van der Waals surface area contributed by atoms with Crippen molar-refractivity contribution >= 4 is 23.7 Å². The van der Waals surface area contributed by atoms with Crippen molar-refractivity contribution in [1.29, 1.82) is 0 Å². The van der Waals surface area contributed by atoms with Gasteiger partial charge in [0.1, 0.15) is 0 Å². The lowest BCUT2D eigenvalue weighted by atomic mass is 10.3. The van der Waals surface area contributed by atoms with Gasteiger partial charge in [-0.15, -0.1) is 0 Å². The number of aliphatic hydroxyl groups is 1. The fraction of sp³-hybridized carbons (Fsp3) is 0.818. The van der Waals surface area contributed by atoms with E-state index in [0.717, 1.165) is 17.9 Å². The van der Waals surface area contributed by atoms with E-state index in [1.54, 1.807) is 25.6 Å². The number of hydrogen-bond donors (Lipinski definition) is 4. The number of rotatable bonds is 9. The standard InChI is InChI=1S/C11H23N3O3S/c1-3-12-11(17)14-10(16)9(2)13-5-8-18-7-4-6-15/h9,13,15H,3-8H2,1-2H3,(H2,12,14,16,17). The molecule has 0 rings (SSSR count). The Balaban J connectivity index is 3.58. The minimum absolute atomic E-state index is 0.214. The predicted octanol–water partition coefficient (Wildman–Crippen LogP) is -0.0742. The molecule has 7 heteroatoms. The number of imide groups is 1. The van der Waals surface area contributed by atoms with E-state index in [4.69, 9.17) is 5.11 Å². The van der Waals surface area contributed by atoms with Crippen molar-refractivity contribution in [2.24, 2.45) is 0 Å². The van der Waals surface area contributed by atoms with Crippen LogP contribution in [0.1, 0.15) is 20.3 Å². The van der Waals surface area contributed by atoms with Gasteiger partial charge in [0.05, 0.1) is 6.04 Å². The highest BCUT2D eigenvalue weighted by atomic mass is 32.2. The first-order valence-corrected chi connectivity index (χ1v) is 7.28. The van der Waals surface area contributed by atoms with Gasteiger partial charge in [-0.05, 0) is 26.0 Å². The van der Waals surface area contributed by atoms with E-state index in [0.29, 0.717) is 13.1 Å². The smallest absolute Gasteiger partial charge is 0.321 e. The molecule has 1 unspecified atom stereocenters. The third-order valence-corrected chi connectivity index (χ3v) is 3.18. The van der Waals surface area contributed by atoms with Gasteiger partial charge in [-0.1, -0.05) is 0 Å². The fourth-order valence-electron chi connectivity index (χ4n) is 1.13. The highest BCUT2D eigenvalue weighted by Crippen LogP contribution is 2.00. The van der Waals surface area contributed by atoms with E-state index in [1.807, 2.05) is 0 Å². The molecule has 0 spiro atoms. The summed E-state index contributed by atoms with van der Waals surface area (Å²) < 4.78 is 0. The van der Waals surface area contributed by atoms with Crippen LogP contribution in [0.15, 0.2) is 0 Å². The van der Waals surface area contributed by atoms with Crippen LogP contribution in [0.4, 0.5) is 4.79 Å². The molecular weight excluding hydrogens is 254 g/mol. The summed E-state index contributed by atoms with van der Waals surface area (Å²) in [6, 6.07) is -0.862. The lowest BCUT2D eigenvalue weighted by Crippen LogP contribution is -2.48. The number of amides is 3. The average Bonchev–Trinajstić information content (AvgIpc) is 2.33. The first-order chi connectivity index (χ1) is 8.61. The summed E-state index contributed by atoms with van der Waals surface area (Å²) in [4.78, 5) is 22.6. The van der Waals surface area contributed by atoms with Gasteiger partial charge in [-0.2, -0.15) is 11.8 Å². The summed E-state index contributed by atoms with van der Waals surface area (Å²) in [6.45, 7) is 4.90. The van der Waals surface area contributed by atoms with Crippen LogP contribution in [-0.4, -0.2) is 54.3 Å². The molecule has 0 heterocycles. The molecule has 0 aliphatic carbocycles. The second kappa shape index (κ2) is 11.3. The number of aliphatic hydroxyl groups excluding tert-OH is 1. The van der Waals surface area contributed by atoms with E-state index >= 15 is 0 Å². The van der Waals surface area contributed by atoms with E-state index < -0.39 is 12.1 Å². The Bertz CT molecular complexity index is 252. The summed E-state index contributed by atoms with van der Waals surface area (Å²) in [5, 5.41) is 16.4. The summed E-state index contributed by atoms with van der Waals surface area (Å²) in [5.74, 6) is 1.46. The van der Waals surface area contributed by atoms with Crippen molar-refractivity contribution in [3.8, 4) is 0 Å². The normalized spacial score (nSPS) is 11.9. The van der Waals surface area contributed by atoms with Gasteiger partial charge in [0.2, 0.25) is 5.91 Å². The molecule has 0 radical (unpaired) electrons. The number of nitrogens with one attached hydrogen (secondary N) is 3. The summed E-state index contributed by atoms with van der Waals surface area (Å²) in [7, 11) is 0. The van der Waals surface area contributed by atoms with Crippen LogP contribution in [0.3, 0.4) is 0 Å². The fourth-order valence-corrected chi connectivity index (χ4v) is 1.93. The predicted molar refractivity (Wildman–Crippen MR) is 73.7 cm³/mol. The Morgan fingerprint density at radius 3 is 2.67 bits per heavy atom. The van der Waals surface area contributed by atoms with Crippen molar-refractivity contribution in [2.75, 3.05) is 31.2 Å². The van der Waals surface area contributed by atoms with Gasteiger partial charge < -0.3 is 15.7 Å². The zero-order valence-corrected chi connectivity index (χ0v) is 11.8. The molecule has 0 aromatic heterocycles. The maximum atomic E-state index is 11.5. The molecule has 6 nitrogen and oxygen atoms in total. The molecule has 0 aliphatic rings. The van der Waals surface area contributed by atoms with Gasteiger partial charge in [0, 0.05) is 25.4 Å². The van der Waals surface area contributed by atoms with Crippen molar-refractivity contribution < 1.29 is 14.7 Å². The minimum Gasteiger partial charge on any atom is -0.396 e. The number of thioether (sulfide) groups is 1. The molecule has 0 aromatic carbocycles. The lowest BCUT2D eigenvalue weighted by Gasteiger charge is -2.13. The molecule has 1 atom stereocenters. The van der Waals surface area contributed by atoms with Crippen molar-refractivity contribution in [2.45, 2.75) is 26.3 Å². The molecule has 106 valence electrons. The maximum Gasteiger partial charge on any atom is 0.321 e.